The third-order valence-corrected chi connectivity index (χ3v) is 6.77. The molecule has 7 heteroatoms. The predicted molar refractivity (Wildman–Crippen MR) is 93.8 cm³/mol. The van der Waals surface area contributed by atoms with Crippen LogP contribution in [0.25, 0.3) is 0 Å². The van der Waals surface area contributed by atoms with Crippen LogP contribution in [0.15, 0.2) is 0 Å². The smallest absolute Gasteiger partial charge is 0.344 e. The second kappa shape index (κ2) is 5.86. The number of carbonyl (C=O) groups excluding carboxylic acids is 2. The predicted octanol–water partition coefficient (Wildman–Crippen LogP) is 2.05. The molecule has 3 N–H and O–H groups in total. The minimum Gasteiger partial charge on any atom is -0.358 e. The zero-order chi connectivity index (χ0) is 16.9. The fraction of sp³-hybridized carbons (Fsp3) is 0.824. The number of urea groups is 1. The number of hydrogen-bond donors (Lipinski definition) is 3. The van der Waals surface area contributed by atoms with Crippen molar-refractivity contribution in [2.24, 2.45) is 17.8 Å². The number of imide groups is 1. The van der Waals surface area contributed by atoms with E-state index in [2.05, 4.69) is 23.0 Å². The van der Waals surface area contributed by atoms with E-state index >= 15 is 0 Å². The maximum Gasteiger partial charge on any atom is 0.344 e. The minimum absolute atomic E-state index is 0.184. The molecule has 4 fully saturated rings. The van der Waals surface area contributed by atoms with Crippen LogP contribution >= 0.6 is 12.2 Å². The number of hydrazine groups is 1. The van der Waals surface area contributed by atoms with Crippen molar-refractivity contribution in [1.82, 2.24) is 21.1 Å². The van der Waals surface area contributed by atoms with Gasteiger partial charge in [-0.1, -0.05) is 13.3 Å². The average molecular weight is 350 g/mol. The monoisotopic (exact) mass is 350 g/mol. The standard InChI is InChI=1S/C17H26N4O2S/c1-10-4-6-17(7-5-10)14(22)21(16(23)19-17)20-15(24)18-13-9-11-2-3-12(13)8-11/h10-13H,2-9H2,1H3,(H,19,23)(H2,18,20,24)/t10?,11-,12+,13+,17?/m1/s1. The van der Waals surface area contributed by atoms with Gasteiger partial charge in [0, 0.05) is 6.04 Å². The number of carbonyl (C=O) groups is 2. The van der Waals surface area contributed by atoms with Gasteiger partial charge in [-0.3, -0.25) is 10.2 Å². The van der Waals surface area contributed by atoms with Gasteiger partial charge in [0.25, 0.3) is 5.91 Å². The second-order valence-electron chi connectivity index (χ2n) is 8.20. The molecule has 3 aliphatic carbocycles. The molecular weight excluding hydrogens is 324 g/mol. The van der Waals surface area contributed by atoms with Crippen molar-refractivity contribution in [3.63, 3.8) is 0 Å². The van der Waals surface area contributed by atoms with Gasteiger partial charge >= 0.3 is 6.03 Å². The first-order valence-electron chi connectivity index (χ1n) is 9.21. The SMILES string of the molecule is CC1CCC2(CC1)NC(=O)N(NC(=S)N[C@H]1C[C@@H]3CC[C@H]1C3)C2=O. The second-order valence-corrected chi connectivity index (χ2v) is 8.61. The van der Waals surface area contributed by atoms with Crippen LogP contribution in [0.3, 0.4) is 0 Å². The Morgan fingerprint density at radius 3 is 2.58 bits per heavy atom. The Hall–Kier alpha value is -1.37. The van der Waals surface area contributed by atoms with E-state index in [1.165, 1.54) is 19.3 Å². The molecule has 1 saturated heterocycles. The molecule has 3 saturated carbocycles. The molecule has 6 nitrogen and oxygen atoms in total. The number of fused-ring (bicyclic) bond motifs is 2. The van der Waals surface area contributed by atoms with E-state index in [1.54, 1.807) is 0 Å². The molecule has 0 aromatic heterocycles. The lowest BCUT2D eigenvalue weighted by Crippen LogP contribution is -2.55. The summed E-state index contributed by atoms with van der Waals surface area (Å²) in [6.45, 7) is 2.19. The Morgan fingerprint density at radius 2 is 1.96 bits per heavy atom. The summed E-state index contributed by atoms with van der Waals surface area (Å²) in [6, 6.07) is 0.000604. The molecule has 1 spiro atoms. The highest BCUT2D eigenvalue weighted by molar-refractivity contribution is 7.80. The fourth-order valence-electron chi connectivity index (χ4n) is 5.04. The third kappa shape index (κ3) is 2.66. The largest absolute Gasteiger partial charge is 0.358 e. The van der Waals surface area contributed by atoms with Crippen molar-refractivity contribution < 1.29 is 9.59 Å². The summed E-state index contributed by atoms with van der Waals surface area (Å²) >= 11 is 5.36. The van der Waals surface area contributed by atoms with Crippen molar-refractivity contribution in [3.05, 3.63) is 0 Å². The van der Waals surface area contributed by atoms with Gasteiger partial charge in [0.1, 0.15) is 5.54 Å². The Labute approximate surface area is 148 Å². The first-order chi connectivity index (χ1) is 11.5. The number of hydrogen-bond acceptors (Lipinski definition) is 3. The number of nitrogens with one attached hydrogen (secondary N) is 3. The van der Waals surface area contributed by atoms with E-state index in [1.807, 2.05) is 0 Å². The van der Waals surface area contributed by atoms with Crippen molar-refractivity contribution >= 4 is 29.3 Å². The van der Waals surface area contributed by atoms with Gasteiger partial charge in [-0.25, -0.2) is 4.79 Å². The van der Waals surface area contributed by atoms with Crippen LogP contribution in [0.5, 0.6) is 0 Å². The summed E-state index contributed by atoms with van der Waals surface area (Å²) < 4.78 is 0. The van der Waals surface area contributed by atoms with Crippen LogP contribution in [0, 0.1) is 17.8 Å². The molecule has 0 aromatic rings. The van der Waals surface area contributed by atoms with Gasteiger partial charge in [0.05, 0.1) is 0 Å². The van der Waals surface area contributed by atoms with Gasteiger partial charge in [-0.15, -0.1) is 0 Å². The molecule has 132 valence electrons. The molecule has 4 aliphatic rings. The van der Waals surface area contributed by atoms with Gasteiger partial charge < -0.3 is 10.6 Å². The van der Waals surface area contributed by atoms with Gasteiger partial charge in [0.15, 0.2) is 5.11 Å². The number of amides is 3. The van der Waals surface area contributed by atoms with E-state index in [-0.39, 0.29) is 11.9 Å². The molecule has 0 aromatic carbocycles. The summed E-state index contributed by atoms with van der Waals surface area (Å²) in [5.41, 5.74) is 2.12. The van der Waals surface area contributed by atoms with Crippen LogP contribution in [0.4, 0.5) is 4.79 Å². The lowest BCUT2D eigenvalue weighted by atomic mass is 9.77. The number of rotatable bonds is 2. The van der Waals surface area contributed by atoms with Gasteiger partial charge in [-0.05, 0) is 74.9 Å². The highest BCUT2D eigenvalue weighted by Crippen LogP contribution is 2.44. The molecular formula is C17H26N4O2S. The molecule has 24 heavy (non-hydrogen) atoms. The summed E-state index contributed by atoms with van der Waals surface area (Å²) in [7, 11) is 0. The maximum absolute atomic E-state index is 12.8. The zero-order valence-corrected chi connectivity index (χ0v) is 15.0. The first-order valence-corrected chi connectivity index (χ1v) is 9.61. The molecule has 2 bridgehead atoms. The van der Waals surface area contributed by atoms with E-state index < -0.39 is 5.54 Å². The van der Waals surface area contributed by atoms with Crippen LogP contribution in [-0.2, 0) is 4.79 Å². The average Bonchev–Trinajstić information content (AvgIpc) is 3.21. The Kier molecular flexibility index (Phi) is 3.94. The Balaban J connectivity index is 1.36. The van der Waals surface area contributed by atoms with E-state index in [9.17, 15) is 9.59 Å². The van der Waals surface area contributed by atoms with Crippen molar-refractivity contribution in [2.75, 3.05) is 0 Å². The highest BCUT2D eigenvalue weighted by Gasteiger charge is 2.52. The van der Waals surface area contributed by atoms with Gasteiger partial charge in [0.2, 0.25) is 0 Å². The Bertz CT molecular complexity index is 573. The summed E-state index contributed by atoms with van der Waals surface area (Å²) in [4.78, 5) is 25.1. The quantitative estimate of drug-likeness (QED) is 0.525. The normalized spacial score (nSPS) is 41.0. The topological polar surface area (TPSA) is 73.5 Å². The van der Waals surface area contributed by atoms with Gasteiger partial charge in [-0.2, -0.15) is 5.01 Å². The Morgan fingerprint density at radius 1 is 1.21 bits per heavy atom. The zero-order valence-electron chi connectivity index (χ0n) is 14.1. The van der Waals surface area contributed by atoms with Crippen molar-refractivity contribution in [2.45, 2.75) is 69.9 Å². The molecule has 3 amide bonds. The summed E-state index contributed by atoms with van der Waals surface area (Å²) in [6.07, 6.45) is 8.37. The van der Waals surface area contributed by atoms with Crippen molar-refractivity contribution in [3.8, 4) is 0 Å². The van der Waals surface area contributed by atoms with E-state index in [0.29, 0.717) is 35.8 Å². The summed E-state index contributed by atoms with van der Waals surface area (Å²) in [5, 5.41) is 7.69. The van der Waals surface area contributed by atoms with E-state index in [4.69, 9.17) is 12.2 Å². The van der Waals surface area contributed by atoms with Crippen LogP contribution in [0.1, 0.15) is 58.3 Å². The lowest BCUT2D eigenvalue weighted by molar-refractivity contribution is -0.133. The molecule has 1 aliphatic heterocycles. The highest BCUT2D eigenvalue weighted by atomic mass is 32.1. The van der Waals surface area contributed by atoms with Crippen LogP contribution in [0.2, 0.25) is 0 Å². The van der Waals surface area contributed by atoms with Crippen LogP contribution < -0.4 is 16.1 Å². The van der Waals surface area contributed by atoms with Crippen LogP contribution in [-0.4, -0.2) is 33.6 Å². The van der Waals surface area contributed by atoms with Crippen molar-refractivity contribution in [1.29, 1.82) is 0 Å². The number of thiocarbonyl (C=S) groups is 1. The molecule has 3 atom stereocenters. The summed E-state index contributed by atoms with van der Waals surface area (Å²) in [5.74, 6) is 1.93. The lowest BCUT2D eigenvalue weighted by Gasteiger charge is -2.33. The molecule has 0 radical (unpaired) electrons. The first kappa shape index (κ1) is 16.1. The third-order valence-electron chi connectivity index (χ3n) is 6.56. The van der Waals surface area contributed by atoms with E-state index in [0.717, 1.165) is 30.2 Å². The number of nitrogens with zero attached hydrogens (tertiary/aromatic N) is 1. The molecule has 1 heterocycles. The molecule has 0 unspecified atom stereocenters. The maximum atomic E-state index is 12.8. The fourth-order valence-corrected chi connectivity index (χ4v) is 5.28. The molecule has 4 rings (SSSR count). The minimum atomic E-state index is -0.724.